The normalized spacial score (nSPS) is 27.0. The first kappa shape index (κ1) is 14.2. The lowest BCUT2D eigenvalue weighted by Gasteiger charge is -2.23. The molecule has 1 heterocycles. The van der Waals surface area contributed by atoms with Gasteiger partial charge < -0.3 is 19.3 Å². The highest BCUT2D eigenvalue weighted by Gasteiger charge is 2.38. The predicted octanol–water partition coefficient (Wildman–Crippen LogP) is 0.864. The van der Waals surface area contributed by atoms with E-state index in [9.17, 15) is 9.90 Å². The molecule has 0 radical (unpaired) electrons. The molecule has 0 amide bonds. The number of carbonyl (C=O) groups excluding carboxylic acids is 1. The molecule has 5 heteroatoms. The lowest BCUT2D eigenvalue weighted by atomic mass is 9.99. The van der Waals surface area contributed by atoms with Gasteiger partial charge in [-0.1, -0.05) is 13.0 Å². The second-order valence-corrected chi connectivity index (χ2v) is 4.60. The van der Waals surface area contributed by atoms with Gasteiger partial charge in [-0.15, -0.1) is 0 Å². The summed E-state index contributed by atoms with van der Waals surface area (Å²) in [7, 11) is 1.31. The summed E-state index contributed by atoms with van der Waals surface area (Å²) in [4.78, 5) is 10.9. The highest BCUT2D eigenvalue weighted by molar-refractivity contribution is 5.81. The summed E-state index contributed by atoms with van der Waals surface area (Å²) in [6.07, 6.45) is 1.82. The lowest BCUT2D eigenvalue weighted by Crippen LogP contribution is -2.34. The van der Waals surface area contributed by atoms with Crippen LogP contribution in [0.2, 0.25) is 0 Å². The highest BCUT2D eigenvalue weighted by Crippen LogP contribution is 2.26. The molecule has 1 fully saturated rings. The van der Waals surface area contributed by atoms with Crippen LogP contribution < -0.4 is 0 Å². The number of hydrogen-bond donors (Lipinski definition) is 1. The van der Waals surface area contributed by atoms with Crippen molar-refractivity contribution < 1.29 is 24.1 Å². The molecular weight excluding hydrogens is 224 g/mol. The van der Waals surface area contributed by atoms with Crippen molar-refractivity contribution in [3.63, 3.8) is 0 Å². The van der Waals surface area contributed by atoms with Crippen molar-refractivity contribution in [2.24, 2.45) is 5.92 Å². The van der Waals surface area contributed by atoms with Gasteiger partial charge in [0.25, 0.3) is 0 Å². The van der Waals surface area contributed by atoms with Crippen LogP contribution in [0.4, 0.5) is 0 Å². The van der Waals surface area contributed by atoms with Crippen molar-refractivity contribution in [3.05, 3.63) is 12.2 Å². The lowest BCUT2D eigenvalue weighted by molar-refractivity contribution is -0.153. The molecule has 5 nitrogen and oxygen atoms in total. The van der Waals surface area contributed by atoms with Crippen LogP contribution in [0.3, 0.4) is 0 Å². The Morgan fingerprint density at radius 1 is 1.59 bits per heavy atom. The molecule has 1 saturated heterocycles. The van der Waals surface area contributed by atoms with E-state index in [2.05, 4.69) is 4.74 Å². The Kier molecular flexibility index (Phi) is 4.68. The molecule has 1 aliphatic heterocycles. The average Bonchev–Trinajstić information content (AvgIpc) is 2.64. The van der Waals surface area contributed by atoms with Crippen molar-refractivity contribution in [2.75, 3.05) is 13.7 Å². The minimum Gasteiger partial charge on any atom is -0.466 e. The molecule has 0 unspecified atom stereocenters. The molecule has 0 bridgehead atoms. The van der Waals surface area contributed by atoms with E-state index in [1.54, 1.807) is 26.8 Å². The minimum atomic E-state index is -0.710. The second kappa shape index (κ2) is 5.62. The van der Waals surface area contributed by atoms with Gasteiger partial charge in [-0.05, 0) is 13.8 Å². The van der Waals surface area contributed by atoms with Crippen molar-refractivity contribution in [1.29, 1.82) is 0 Å². The molecule has 17 heavy (non-hydrogen) atoms. The first-order chi connectivity index (χ1) is 7.85. The smallest absolute Gasteiger partial charge is 0.330 e. The van der Waals surface area contributed by atoms with Gasteiger partial charge in [0, 0.05) is 12.0 Å². The Bertz CT molecular complexity index is 297. The summed E-state index contributed by atoms with van der Waals surface area (Å²) in [6, 6.07) is 0. The van der Waals surface area contributed by atoms with E-state index in [0.717, 1.165) is 0 Å². The molecule has 1 aliphatic rings. The van der Waals surface area contributed by atoms with Crippen molar-refractivity contribution >= 4 is 5.97 Å². The number of carbonyl (C=O) groups is 1. The van der Waals surface area contributed by atoms with Gasteiger partial charge in [-0.25, -0.2) is 4.79 Å². The second-order valence-electron chi connectivity index (χ2n) is 4.60. The maximum atomic E-state index is 10.9. The summed E-state index contributed by atoms with van der Waals surface area (Å²) in [6.45, 7) is 5.76. The molecular formula is C12H20O5. The predicted molar refractivity (Wildman–Crippen MR) is 61.2 cm³/mol. The zero-order valence-corrected chi connectivity index (χ0v) is 10.7. The quantitative estimate of drug-likeness (QED) is 0.587. The third-order valence-corrected chi connectivity index (χ3v) is 2.69. The Labute approximate surface area is 101 Å². The van der Waals surface area contributed by atoms with E-state index in [0.29, 0.717) is 6.61 Å². The molecule has 1 rings (SSSR count). The number of methoxy groups -OCH3 is 1. The molecule has 0 aromatic rings. The van der Waals surface area contributed by atoms with Crippen LogP contribution in [0, 0.1) is 5.92 Å². The van der Waals surface area contributed by atoms with Crippen LogP contribution in [0.1, 0.15) is 20.8 Å². The zero-order valence-electron chi connectivity index (χ0n) is 10.7. The molecule has 3 atom stereocenters. The van der Waals surface area contributed by atoms with E-state index >= 15 is 0 Å². The number of aliphatic hydroxyl groups is 1. The largest absolute Gasteiger partial charge is 0.466 e. The Hall–Kier alpha value is -0.910. The molecule has 0 aromatic carbocycles. The summed E-state index contributed by atoms with van der Waals surface area (Å²) < 4.78 is 15.4. The molecule has 0 aliphatic carbocycles. The Morgan fingerprint density at radius 2 is 2.24 bits per heavy atom. The topological polar surface area (TPSA) is 65.0 Å². The van der Waals surface area contributed by atoms with Gasteiger partial charge in [0.2, 0.25) is 0 Å². The van der Waals surface area contributed by atoms with Crippen LogP contribution in [0.25, 0.3) is 0 Å². The number of hydrogen-bond acceptors (Lipinski definition) is 5. The number of rotatable bonds is 4. The van der Waals surface area contributed by atoms with Crippen molar-refractivity contribution in [1.82, 2.24) is 0 Å². The van der Waals surface area contributed by atoms with Gasteiger partial charge >= 0.3 is 5.97 Å². The Balaban J connectivity index is 2.50. The van der Waals surface area contributed by atoms with Crippen molar-refractivity contribution in [3.8, 4) is 0 Å². The molecule has 0 spiro atoms. The van der Waals surface area contributed by atoms with Crippen LogP contribution in [0.5, 0.6) is 0 Å². The number of ether oxygens (including phenoxy) is 3. The van der Waals surface area contributed by atoms with Crippen LogP contribution in [-0.2, 0) is 19.0 Å². The Morgan fingerprint density at radius 3 is 2.71 bits per heavy atom. The SMILES string of the molecule is COC(=O)/C=C/[C@@H](C)[C@H](O)[C@H]1COC(C)(C)O1. The first-order valence-corrected chi connectivity index (χ1v) is 5.61. The van der Waals surface area contributed by atoms with E-state index in [4.69, 9.17) is 9.47 Å². The molecule has 0 aromatic heterocycles. The van der Waals surface area contributed by atoms with Gasteiger partial charge in [-0.3, -0.25) is 0 Å². The monoisotopic (exact) mass is 244 g/mol. The average molecular weight is 244 g/mol. The van der Waals surface area contributed by atoms with Crippen molar-refractivity contribution in [2.45, 2.75) is 38.8 Å². The highest BCUT2D eigenvalue weighted by atomic mass is 16.7. The third-order valence-electron chi connectivity index (χ3n) is 2.69. The fourth-order valence-electron chi connectivity index (χ4n) is 1.63. The number of esters is 1. The summed E-state index contributed by atoms with van der Waals surface area (Å²) >= 11 is 0. The van der Waals surface area contributed by atoms with E-state index in [1.807, 2.05) is 0 Å². The molecule has 98 valence electrons. The fourth-order valence-corrected chi connectivity index (χ4v) is 1.63. The van der Waals surface area contributed by atoms with E-state index in [1.165, 1.54) is 13.2 Å². The first-order valence-electron chi connectivity index (χ1n) is 5.61. The third kappa shape index (κ3) is 4.11. The van der Waals surface area contributed by atoms with Gasteiger partial charge in [0.1, 0.15) is 6.10 Å². The maximum Gasteiger partial charge on any atom is 0.330 e. The number of aliphatic hydroxyl groups excluding tert-OH is 1. The van der Waals surface area contributed by atoms with Gasteiger partial charge in [0.05, 0.1) is 19.8 Å². The molecule has 0 saturated carbocycles. The molecule has 1 N–H and O–H groups in total. The van der Waals surface area contributed by atoms with Crippen LogP contribution >= 0.6 is 0 Å². The van der Waals surface area contributed by atoms with E-state index < -0.39 is 17.9 Å². The van der Waals surface area contributed by atoms with Gasteiger partial charge in [0.15, 0.2) is 5.79 Å². The van der Waals surface area contributed by atoms with Crippen LogP contribution in [-0.4, -0.2) is 42.8 Å². The fraction of sp³-hybridized carbons (Fsp3) is 0.750. The maximum absolute atomic E-state index is 10.9. The summed E-state index contributed by atoms with van der Waals surface area (Å²) in [5.41, 5.74) is 0. The van der Waals surface area contributed by atoms with Crippen LogP contribution in [0.15, 0.2) is 12.2 Å². The standard InChI is InChI=1S/C12H20O5/c1-8(5-6-10(13)15-4)11(14)9-7-16-12(2,3)17-9/h5-6,8-9,11,14H,7H2,1-4H3/b6-5+/t8-,9-,11+/m1/s1. The minimum absolute atomic E-state index is 0.211. The van der Waals surface area contributed by atoms with E-state index in [-0.39, 0.29) is 12.0 Å². The summed E-state index contributed by atoms with van der Waals surface area (Å²) in [5.74, 6) is -1.30. The zero-order chi connectivity index (χ0) is 13.1. The summed E-state index contributed by atoms with van der Waals surface area (Å²) in [5, 5.41) is 10.0. The van der Waals surface area contributed by atoms with Gasteiger partial charge in [-0.2, -0.15) is 0 Å².